The first-order valence-corrected chi connectivity index (χ1v) is 7.49. The Morgan fingerprint density at radius 1 is 1.08 bits per heavy atom. The van der Waals surface area contributed by atoms with E-state index in [2.05, 4.69) is 29.3 Å². The minimum atomic E-state index is 0.476. The van der Waals surface area contributed by atoms with Crippen molar-refractivity contribution in [3.8, 4) is 18.9 Å². The predicted octanol–water partition coefficient (Wildman–Crippen LogP) is 3.45. The Balaban J connectivity index is 0.000000671. The van der Waals surface area contributed by atoms with E-state index in [0.29, 0.717) is 6.61 Å². The number of nitrogens with zero attached hydrogens (tertiary/aromatic N) is 4. The molecule has 0 spiro atoms. The van der Waals surface area contributed by atoms with Crippen LogP contribution >= 0.6 is 11.3 Å². The summed E-state index contributed by atoms with van der Waals surface area (Å²) in [4.78, 5) is 4.53. The normalized spacial score (nSPS) is 9.50. The summed E-state index contributed by atoms with van der Waals surface area (Å²) in [5.74, 6) is 5.91. The standard InChI is InChI=1S/C15H13N3OS.2CHN/c16-17-9-11-5-7-12(8-6-11)19-10-15-18-13-3-1-2-4-14(13)20-15;2*1-2/h1-9H,10,16H2;2*1H. The molecule has 1 heterocycles. The van der Waals surface area contributed by atoms with Gasteiger partial charge in [0.25, 0.3) is 0 Å². The number of ether oxygens (including phenoxy) is 1. The van der Waals surface area contributed by atoms with Crippen LogP contribution in [0.25, 0.3) is 10.2 Å². The van der Waals surface area contributed by atoms with Gasteiger partial charge in [-0.25, -0.2) is 15.5 Å². The third-order valence-electron chi connectivity index (χ3n) is 2.80. The Bertz CT molecular complexity index is 782. The van der Waals surface area contributed by atoms with Crippen LogP contribution in [-0.2, 0) is 6.61 Å². The molecule has 0 atom stereocenters. The van der Waals surface area contributed by atoms with Crippen molar-refractivity contribution >= 4 is 27.8 Å². The smallest absolute Gasteiger partial charge is 0.140 e. The van der Waals surface area contributed by atoms with E-state index in [1.54, 1.807) is 17.6 Å². The van der Waals surface area contributed by atoms with Gasteiger partial charge in [0.15, 0.2) is 0 Å². The average molecular weight is 337 g/mol. The summed E-state index contributed by atoms with van der Waals surface area (Å²) in [5, 5.41) is 17.5. The van der Waals surface area contributed by atoms with Crippen LogP contribution in [0.5, 0.6) is 5.75 Å². The molecular weight excluding hydrogens is 322 g/mol. The number of aromatic nitrogens is 1. The van der Waals surface area contributed by atoms with E-state index in [9.17, 15) is 0 Å². The topological polar surface area (TPSA) is 108 Å². The van der Waals surface area contributed by atoms with Crippen molar-refractivity contribution in [3.63, 3.8) is 0 Å². The fraction of sp³-hybridized carbons (Fsp3) is 0.0588. The van der Waals surface area contributed by atoms with Gasteiger partial charge in [0.1, 0.15) is 17.4 Å². The lowest BCUT2D eigenvalue weighted by Crippen LogP contribution is -1.94. The lowest BCUT2D eigenvalue weighted by atomic mass is 10.2. The molecule has 0 aliphatic carbocycles. The fourth-order valence-electron chi connectivity index (χ4n) is 1.86. The molecule has 0 amide bonds. The molecule has 0 bridgehead atoms. The number of nitriles is 2. The van der Waals surface area contributed by atoms with Crippen LogP contribution in [0, 0.1) is 23.7 Å². The summed E-state index contributed by atoms with van der Waals surface area (Å²) in [6.45, 7) is 7.48. The first kappa shape index (κ1) is 18.6. The summed E-state index contributed by atoms with van der Waals surface area (Å²) in [5.41, 5.74) is 1.96. The van der Waals surface area contributed by atoms with Gasteiger partial charge >= 0.3 is 0 Å². The zero-order chi connectivity index (χ0) is 17.8. The molecule has 3 aromatic rings. The highest BCUT2D eigenvalue weighted by atomic mass is 32.1. The van der Waals surface area contributed by atoms with Gasteiger partial charge in [-0.3, -0.25) is 0 Å². The number of thiazole rings is 1. The maximum Gasteiger partial charge on any atom is 0.140 e. The third kappa shape index (κ3) is 5.09. The van der Waals surface area contributed by atoms with Crippen molar-refractivity contribution in [3.05, 3.63) is 59.1 Å². The molecule has 2 aromatic carbocycles. The second kappa shape index (κ2) is 10.3. The zero-order valence-electron chi connectivity index (χ0n) is 12.7. The first-order valence-electron chi connectivity index (χ1n) is 6.67. The predicted molar refractivity (Wildman–Crippen MR) is 95.5 cm³/mol. The van der Waals surface area contributed by atoms with Crippen LogP contribution in [0.4, 0.5) is 0 Å². The molecule has 0 fully saturated rings. The quantitative estimate of drug-likeness (QED) is 0.445. The summed E-state index contributed by atoms with van der Waals surface area (Å²) in [6.07, 6.45) is 1.59. The summed E-state index contributed by atoms with van der Waals surface area (Å²) >= 11 is 1.65. The molecule has 0 aliphatic rings. The third-order valence-corrected chi connectivity index (χ3v) is 3.81. The van der Waals surface area contributed by atoms with E-state index < -0.39 is 0 Å². The van der Waals surface area contributed by atoms with Crippen LogP contribution < -0.4 is 10.6 Å². The van der Waals surface area contributed by atoms with Crippen molar-refractivity contribution < 1.29 is 4.74 Å². The van der Waals surface area contributed by atoms with Gasteiger partial charge in [-0.2, -0.15) is 5.10 Å². The Hall–Kier alpha value is -3.42. The van der Waals surface area contributed by atoms with Crippen LogP contribution in [0.2, 0.25) is 0 Å². The molecule has 3 rings (SSSR count). The van der Waals surface area contributed by atoms with E-state index >= 15 is 0 Å². The number of benzene rings is 2. The lowest BCUT2D eigenvalue weighted by Gasteiger charge is -2.03. The van der Waals surface area contributed by atoms with E-state index in [-0.39, 0.29) is 0 Å². The second-order valence-electron chi connectivity index (χ2n) is 4.21. The van der Waals surface area contributed by atoms with Crippen molar-refractivity contribution in [1.29, 1.82) is 10.5 Å². The van der Waals surface area contributed by atoms with Gasteiger partial charge in [-0.1, -0.05) is 12.1 Å². The number of hydrazone groups is 1. The highest BCUT2D eigenvalue weighted by Gasteiger charge is 2.03. The van der Waals surface area contributed by atoms with Crippen molar-refractivity contribution in [2.45, 2.75) is 6.61 Å². The molecule has 24 heavy (non-hydrogen) atoms. The van der Waals surface area contributed by atoms with Crippen LogP contribution in [0.3, 0.4) is 0 Å². The average Bonchev–Trinajstić information content (AvgIpc) is 3.08. The molecular formula is C17H15N5OS. The summed E-state index contributed by atoms with van der Waals surface area (Å²) < 4.78 is 6.91. The molecule has 0 radical (unpaired) electrons. The molecule has 7 heteroatoms. The van der Waals surface area contributed by atoms with Crippen molar-refractivity contribution in [2.24, 2.45) is 10.9 Å². The van der Waals surface area contributed by atoms with Crippen molar-refractivity contribution in [1.82, 2.24) is 4.98 Å². The molecule has 0 saturated carbocycles. The first-order chi connectivity index (χ1) is 11.8. The zero-order valence-corrected chi connectivity index (χ0v) is 13.6. The number of rotatable bonds is 4. The maximum atomic E-state index is 6.50. The minimum absolute atomic E-state index is 0.476. The Morgan fingerprint density at radius 3 is 2.38 bits per heavy atom. The number of hydrogen-bond donors (Lipinski definition) is 1. The maximum absolute atomic E-state index is 6.50. The van der Waals surface area contributed by atoms with Gasteiger partial charge in [0.05, 0.1) is 16.4 Å². The lowest BCUT2D eigenvalue weighted by molar-refractivity contribution is 0.306. The summed E-state index contributed by atoms with van der Waals surface area (Å²) in [7, 11) is 0. The Labute approximate surface area is 144 Å². The number of hydrogen-bond acceptors (Lipinski definition) is 7. The Kier molecular flexibility index (Phi) is 8.02. The van der Waals surface area contributed by atoms with E-state index in [1.807, 2.05) is 42.5 Å². The van der Waals surface area contributed by atoms with Crippen molar-refractivity contribution in [2.75, 3.05) is 0 Å². The van der Waals surface area contributed by atoms with Gasteiger partial charge < -0.3 is 10.6 Å². The molecule has 120 valence electrons. The van der Waals surface area contributed by atoms with Gasteiger partial charge in [-0.05, 0) is 42.0 Å². The minimum Gasteiger partial charge on any atom is -0.486 e. The highest BCUT2D eigenvalue weighted by molar-refractivity contribution is 7.18. The molecule has 0 aliphatic heterocycles. The van der Waals surface area contributed by atoms with Crippen LogP contribution in [-0.4, -0.2) is 11.2 Å². The SMILES string of the molecule is C#N.C#N.NN=Cc1ccc(OCc2nc3ccccc3s2)cc1. The fourth-order valence-corrected chi connectivity index (χ4v) is 2.74. The second-order valence-corrected chi connectivity index (χ2v) is 5.33. The van der Waals surface area contributed by atoms with Crippen LogP contribution in [0.15, 0.2) is 53.6 Å². The highest BCUT2D eigenvalue weighted by Crippen LogP contribution is 2.23. The number of fused-ring (bicyclic) bond motifs is 1. The molecule has 0 unspecified atom stereocenters. The Morgan fingerprint density at radius 2 is 1.75 bits per heavy atom. The molecule has 1 aromatic heterocycles. The molecule has 6 nitrogen and oxygen atoms in total. The van der Waals surface area contributed by atoms with E-state index in [0.717, 1.165) is 21.8 Å². The van der Waals surface area contributed by atoms with Gasteiger partial charge in [0.2, 0.25) is 0 Å². The molecule has 2 N–H and O–H groups in total. The molecule has 0 saturated heterocycles. The number of nitrogens with two attached hydrogens (primary N) is 1. The van der Waals surface area contributed by atoms with Crippen LogP contribution in [0.1, 0.15) is 10.6 Å². The van der Waals surface area contributed by atoms with Gasteiger partial charge in [0, 0.05) is 13.1 Å². The van der Waals surface area contributed by atoms with E-state index in [1.165, 1.54) is 4.70 Å². The number of para-hydroxylation sites is 1. The monoisotopic (exact) mass is 337 g/mol. The summed E-state index contributed by atoms with van der Waals surface area (Å²) in [6, 6.07) is 15.7. The van der Waals surface area contributed by atoms with Gasteiger partial charge in [-0.15, -0.1) is 11.3 Å². The van der Waals surface area contributed by atoms with E-state index in [4.69, 9.17) is 21.1 Å². The largest absolute Gasteiger partial charge is 0.486 e.